The molecule has 0 bridgehead atoms. The molecule has 50 valence electrons. The van der Waals surface area contributed by atoms with Crippen molar-refractivity contribution >= 4 is 40.6 Å². The Bertz CT molecular complexity index is 227. The van der Waals surface area contributed by atoms with Crippen molar-refractivity contribution in [1.29, 1.82) is 0 Å². The van der Waals surface area contributed by atoms with Crippen LogP contribution in [-0.4, -0.2) is 40.6 Å². The minimum atomic E-state index is 0.474. The molecule has 0 rings (SSSR count). The molecule has 0 aromatic heterocycles. The van der Waals surface area contributed by atoms with Crippen LogP contribution in [-0.2, 0) is 0 Å². The second kappa shape index (κ2) is 5.46. The molecule has 0 aromatic rings. The summed E-state index contributed by atoms with van der Waals surface area (Å²) in [5.74, 6) is 0. The molecule has 0 N–H and O–H groups in total. The van der Waals surface area contributed by atoms with E-state index in [1.807, 2.05) is 0 Å². The van der Waals surface area contributed by atoms with Gasteiger partial charge in [0.25, 0.3) is 0 Å². The molecule has 4 heteroatoms. The predicted molar refractivity (Wildman–Crippen MR) is 44.7 cm³/mol. The number of hydrogen-bond acceptors (Lipinski definition) is 2. The first-order chi connectivity index (χ1) is 4.72. The average molecular weight is 262 g/mol. The first-order valence-electron chi connectivity index (χ1n) is 2.26. The fraction of sp³-hybridized carbons (Fsp3) is 0. The topological polar surface area (TPSA) is 24.7 Å². The molecule has 2 nitrogen and oxygen atoms in total. The standard InChI is InChI=1S/C6H4N2Se2/c1-5(7-3-9)6(2)8-4-10/h1-2H2. The molecule has 0 aromatic carbocycles. The van der Waals surface area contributed by atoms with Crippen LogP contribution in [0.15, 0.2) is 34.5 Å². The summed E-state index contributed by atoms with van der Waals surface area (Å²) in [7, 11) is 0. The summed E-state index contributed by atoms with van der Waals surface area (Å²) in [4.78, 5) is 7.39. The third-order valence-electron chi connectivity index (χ3n) is 0.694. The van der Waals surface area contributed by atoms with Crippen LogP contribution in [0.2, 0.25) is 0 Å². The second-order valence-electron chi connectivity index (χ2n) is 1.30. The van der Waals surface area contributed by atoms with Gasteiger partial charge in [-0.15, -0.1) is 0 Å². The van der Waals surface area contributed by atoms with E-state index in [1.165, 1.54) is 0 Å². The Labute approximate surface area is 75.2 Å². The Morgan fingerprint density at radius 3 is 1.50 bits per heavy atom. The van der Waals surface area contributed by atoms with Crippen molar-refractivity contribution in [2.75, 3.05) is 0 Å². The molecule has 0 unspecified atom stereocenters. The number of hydrogen-bond donors (Lipinski definition) is 0. The molecule has 0 aliphatic carbocycles. The second-order valence-corrected chi connectivity index (χ2v) is 2.07. The number of aliphatic imine (C=N–C) groups is 2. The molecule has 0 fully saturated rings. The molecule has 10 heavy (non-hydrogen) atoms. The molecule has 0 saturated heterocycles. The molecule has 0 saturated carbocycles. The maximum absolute atomic E-state index is 3.70. The normalized spacial score (nSPS) is 6.80. The molecule has 0 aliphatic heterocycles. The van der Waals surface area contributed by atoms with E-state index in [0.717, 1.165) is 0 Å². The van der Waals surface area contributed by atoms with Gasteiger partial charge in [0.2, 0.25) is 0 Å². The van der Waals surface area contributed by atoms with Gasteiger partial charge in [0.05, 0.1) is 0 Å². The summed E-state index contributed by atoms with van der Waals surface area (Å²) < 4.78 is 4.90. The van der Waals surface area contributed by atoms with E-state index in [0.29, 0.717) is 11.4 Å². The zero-order valence-corrected chi connectivity index (χ0v) is 8.55. The average Bonchev–Trinajstić information content (AvgIpc) is 1.89. The predicted octanol–water partition coefficient (Wildman–Crippen LogP) is 0.161. The first kappa shape index (κ1) is 9.68. The summed E-state index contributed by atoms with van der Waals surface area (Å²) in [6.45, 7) is 7.13. The van der Waals surface area contributed by atoms with Crippen molar-refractivity contribution in [1.82, 2.24) is 0 Å². The van der Waals surface area contributed by atoms with Crippen molar-refractivity contribution in [2.45, 2.75) is 0 Å². The van der Waals surface area contributed by atoms with E-state index in [9.17, 15) is 0 Å². The van der Waals surface area contributed by atoms with Gasteiger partial charge in [-0.05, 0) is 0 Å². The van der Waals surface area contributed by atoms with Gasteiger partial charge < -0.3 is 0 Å². The molecule has 0 radical (unpaired) electrons. The molecular weight excluding hydrogens is 258 g/mol. The van der Waals surface area contributed by atoms with Crippen molar-refractivity contribution in [3.8, 4) is 0 Å². The van der Waals surface area contributed by atoms with Crippen molar-refractivity contribution in [3.63, 3.8) is 0 Å². The molecule has 0 spiro atoms. The van der Waals surface area contributed by atoms with E-state index < -0.39 is 0 Å². The zero-order valence-electron chi connectivity index (χ0n) is 5.13. The van der Waals surface area contributed by atoms with Gasteiger partial charge in [0, 0.05) is 0 Å². The number of rotatable bonds is 3. The Hall–Kier alpha value is -0.321. The van der Waals surface area contributed by atoms with Gasteiger partial charge in [-0.3, -0.25) is 0 Å². The van der Waals surface area contributed by atoms with Gasteiger partial charge in [-0.1, -0.05) is 0 Å². The van der Waals surface area contributed by atoms with Gasteiger partial charge in [-0.25, -0.2) is 0 Å². The van der Waals surface area contributed by atoms with Gasteiger partial charge >= 0.3 is 75.1 Å². The minimum absolute atomic E-state index is 0.474. The molecular formula is C6H4N2Se2. The van der Waals surface area contributed by atoms with E-state index in [1.54, 1.807) is 0 Å². The Balaban J connectivity index is 4.37. The van der Waals surface area contributed by atoms with Crippen LogP contribution in [0.5, 0.6) is 0 Å². The molecule has 0 heterocycles. The number of nitrogens with zero attached hydrogens (tertiary/aromatic N) is 2. The maximum atomic E-state index is 3.70. The van der Waals surface area contributed by atoms with Crippen LogP contribution >= 0.6 is 0 Å². The SMILES string of the molecule is C=C(N=C=[Se])C(=C)N=C=[Se]. The van der Waals surface area contributed by atoms with Crippen molar-refractivity contribution < 1.29 is 0 Å². The van der Waals surface area contributed by atoms with E-state index >= 15 is 0 Å². The van der Waals surface area contributed by atoms with E-state index in [4.69, 9.17) is 0 Å². The monoisotopic (exact) mass is 264 g/mol. The summed E-state index contributed by atoms with van der Waals surface area (Å²) in [6, 6.07) is 0. The van der Waals surface area contributed by atoms with Gasteiger partial charge in [0.15, 0.2) is 0 Å². The van der Waals surface area contributed by atoms with E-state index in [2.05, 4.69) is 63.7 Å². The Kier molecular flexibility index (Phi) is 5.29. The summed E-state index contributed by atoms with van der Waals surface area (Å²) in [6.07, 6.45) is 0. The summed E-state index contributed by atoms with van der Waals surface area (Å²) in [5, 5.41) is 0. The van der Waals surface area contributed by atoms with Crippen LogP contribution in [0.3, 0.4) is 0 Å². The molecule has 0 aliphatic rings. The Morgan fingerprint density at radius 1 is 1.00 bits per heavy atom. The van der Waals surface area contributed by atoms with Crippen molar-refractivity contribution in [2.24, 2.45) is 9.98 Å². The van der Waals surface area contributed by atoms with Crippen molar-refractivity contribution in [3.05, 3.63) is 24.6 Å². The molecule has 0 amide bonds. The van der Waals surface area contributed by atoms with Crippen LogP contribution in [0.4, 0.5) is 0 Å². The van der Waals surface area contributed by atoms with E-state index in [-0.39, 0.29) is 0 Å². The quantitative estimate of drug-likeness (QED) is 0.393. The summed E-state index contributed by atoms with van der Waals surface area (Å²) >= 11 is 4.96. The third kappa shape index (κ3) is 3.66. The van der Waals surface area contributed by atoms with Crippen LogP contribution in [0, 0.1) is 0 Å². The van der Waals surface area contributed by atoms with Crippen LogP contribution < -0.4 is 0 Å². The molecule has 0 atom stereocenters. The third-order valence-corrected chi connectivity index (χ3v) is 1.08. The fourth-order valence-electron chi connectivity index (χ4n) is 0.239. The first-order valence-corrected chi connectivity index (χ1v) is 3.97. The van der Waals surface area contributed by atoms with Gasteiger partial charge in [0.1, 0.15) is 0 Å². The summed E-state index contributed by atoms with van der Waals surface area (Å²) in [5.41, 5.74) is 0.947. The zero-order chi connectivity index (χ0) is 7.98. The van der Waals surface area contributed by atoms with Crippen LogP contribution in [0.1, 0.15) is 0 Å². The Morgan fingerprint density at radius 2 is 1.30 bits per heavy atom. The fourth-order valence-corrected chi connectivity index (χ4v) is 0.702. The van der Waals surface area contributed by atoms with Crippen LogP contribution in [0.25, 0.3) is 0 Å². The van der Waals surface area contributed by atoms with Gasteiger partial charge in [-0.2, -0.15) is 0 Å².